The Morgan fingerprint density at radius 1 is 0.229 bits per heavy atom. The first-order valence-corrected chi connectivity index (χ1v) is 38.7. The number of phenolic OH excluding ortho intramolecular Hbond substituents is 1. The summed E-state index contributed by atoms with van der Waals surface area (Å²) in [7, 11) is 0. The van der Waals surface area contributed by atoms with Crippen molar-refractivity contribution in [1.29, 1.82) is 0 Å². The van der Waals surface area contributed by atoms with Gasteiger partial charge in [-0.15, -0.1) is 0 Å². The SMILES string of the molecule is Cc1cc(N)c(C)cc1N.Cc1cc(N)c(O)cc1N.Cc1ccc(-c2cc(-c3ccc(N)cc3)cc(-c3ccc(N)cc3)c2)cc1.Cc1ccc(Cc2ccc(N)cc2)cc1.Cc1ccc(N(c2ccc(N)cc2)c2ccc(N)cc2)cc1.Cc1ccc2c(c1)C(=O)c1ccc(N)cc1C2=O.Cc1ccc2cc3cc(N)ccc3cc2c1. The summed E-state index contributed by atoms with van der Waals surface area (Å²) in [6, 6.07) is 106. The van der Waals surface area contributed by atoms with Crippen LogP contribution in [0.3, 0.4) is 0 Å². The van der Waals surface area contributed by atoms with Crippen LogP contribution in [0, 0.1) is 55.4 Å². The molecular weight excluding hydrogens is 1450 g/mol. The molecule has 0 aliphatic heterocycles. The van der Waals surface area contributed by atoms with Gasteiger partial charge in [-0.1, -0.05) is 161 Å². The molecule has 1 aliphatic rings. The zero-order chi connectivity index (χ0) is 84.4. The van der Waals surface area contributed by atoms with Crippen LogP contribution in [0.5, 0.6) is 5.75 Å². The van der Waals surface area contributed by atoms with Gasteiger partial charge in [-0.2, -0.15) is 0 Å². The van der Waals surface area contributed by atoms with Crippen LogP contribution < -0.4 is 68.0 Å². The fourth-order valence-corrected chi connectivity index (χ4v) is 13.2. The third-order valence-electron chi connectivity index (χ3n) is 20.2. The van der Waals surface area contributed by atoms with E-state index in [9.17, 15) is 9.59 Å². The summed E-state index contributed by atoms with van der Waals surface area (Å²) in [5, 5.41) is 14.0. The van der Waals surface area contributed by atoms with Crippen LogP contribution in [0.2, 0.25) is 0 Å². The molecule has 118 heavy (non-hydrogen) atoms. The van der Waals surface area contributed by atoms with Gasteiger partial charge in [0.25, 0.3) is 0 Å². The highest BCUT2D eigenvalue weighted by Crippen LogP contribution is 2.38. The lowest BCUT2D eigenvalue weighted by molar-refractivity contribution is 0.0979. The van der Waals surface area contributed by atoms with Gasteiger partial charge >= 0.3 is 0 Å². The number of carbonyl (C=O) groups excluding carboxylic acids is 2. The molecule has 16 aromatic carbocycles. The van der Waals surface area contributed by atoms with E-state index in [0.29, 0.717) is 39.3 Å². The highest BCUT2D eigenvalue weighted by molar-refractivity contribution is 6.28. The highest BCUT2D eigenvalue weighted by Gasteiger charge is 2.30. The molecule has 0 aromatic heterocycles. The average molecular weight is 1560 g/mol. The standard InChI is InChI=1S/C25H22N2.C19H19N3.C15H11NO2.C15H13N.C14H15N.C8H12N2.C7H10N2O/c1-17-2-4-18(5-3-17)21-14-22(19-6-10-24(26)11-7-19)16-23(15-21)20-8-12-25(27)13-9-20;1-14-2-8-17(9-3-14)22(18-10-4-15(20)5-11-18)19-12-6-16(21)7-13-19;1-8-2-4-10-12(6-8)14(17)11-5-3-9(16)7-13(11)15(10)18;1-10-2-3-11-8-14-9-15(16)5-4-12(14)7-13(11)6-10;1-11-2-4-12(5-3-11)10-13-6-8-14(15)9-7-13;1-5-3-8(10)6(2)4-7(5)9;1-4-2-6(9)7(10)3-5(4)8/h2-16H,26-27H2,1H3;2-13H,20-21H2,1H3;2-7H,16H2,1H3;2-9H,16H2,1H3;2-9H,10,15H2,1H3;3-4H,9-10H2,1-2H3;2-3,10H,8-9H2,1H3. The van der Waals surface area contributed by atoms with E-state index in [1.165, 1.54) is 83.2 Å². The first kappa shape index (κ1) is 83.7. The van der Waals surface area contributed by atoms with Crippen molar-refractivity contribution in [3.8, 4) is 39.1 Å². The van der Waals surface area contributed by atoms with Crippen LogP contribution in [0.25, 0.3) is 54.9 Å². The van der Waals surface area contributed by atoms with Crippen molar-refractivity contribution in [2.75, 3.05) is 68.0 Å². The molecule has 15 heteroatoms. The number of anilines is 14. The quantitative estimate of drug-likeness (QED) is 0.0382. The van der Waals surface area contributed by atoms with E-state index in [1.54, 1.807) is 36.4 Å². The van der Waals surface area contributed by atoms with Gasteiger partial charge in [-0.3, -0.25) is 9.59 Å². The van der Waals surface area contributed by atoms with Gasteiger partial charge < -0.3 is 73.1 Å². The summed E-state index contributed by atoms with van der Waals surface area (Å²) in [6.45, 7) is 16.0. The number of aromatic hydroxyl groups is 1. The average Bonchev–Trinajstić information content (AvgIpc) is 0.725. The summed E-state index contributed by atoms with van der Waals surface area (Å²) >= 11 is 0. The molecule has 17 rings (SSSR count). The van der Waals surface area contributed by atoms with Crippen molar-refractivity contribution in [2.45, 2.75) is 61.8 Å². The number of rotatable bonds is 8. The number of nitrogen functional groups attached to an aromatic ring is 11. The lowest BCUT2D eigenvalue weighted by Gasteiger charge is -2.25. The molecule has 15 nitrogen and oxygen atoms in total. The number of carbonyl (C=O) groups is 2. The number of benzene rings is 16. The molecule has 0 heterocycles. The maximum Gasteiger partial charge on any atom is 0.194 e. The van der Waals surface area contributed by atoms with Crippen LogP contribution in [-0.2, 0) is 6.42 Å². The summed E-state index contributed by atoms with van der Waals surface area (Å²) in [6.07, 6.45) is 0.973. The Labute approximate surface area is 691 Å². The molecule has 0 saturated heterocycles. The van der Waals surface area contributed by atoms with E-state index in [1.807, 2.05) is 143 Å². The number of hydrogen-bond donors (Lipinski definition) is 12. The molecule has 16 aromatic rings. The molecule has 592 valence electrons. The zero-order valence-corrected chi connectivity index (χ0v) is 67.9. The van der Waals surface area contributed by atoms with E-state index in [4.69, 9.17) is 68.2 Å². The van der Waals surface area contributed by atoms with E-state index >= 15 is 0 Å². The maximum atomic E-state index is 12.3. The molecule has 23 N–H and O–H groups in total. The second kappa shape index (κ2) is 38.1. The van der Waals surface area contributed by atoms with E-state index in [2.05, 4.69) is 196 Å². The van der Waals surface area contributed by atoms with Gasteiger partial charge in [0.2, 0.25) is 0 Å². The first-order chi connectivity index (χ1) is 56.5. The predicted molar refractivity (Wildman–Crippen MR) is 502 cm³/mol. The fraction of sp³-hybridized carbons (Fsp3) is 0.0874. The number of nitrogens with zero attached hydrogens (tertiary/aromatic N) is 1. The Morgan fingerprint density at radius 3 is 0.958 bits per heavy atom. The van der Waals surface area contributed by atoms with Crippen LogP contribution in [-0.4, -0.2) is 16.7 Å². The Morgan fingerprint density at radius 2 is 0.517 bits per heavy atom. The van der Waals surface area contributed by atoms with Crippen molar-refractivity contribution in [3.63, 3.8) is 0 Å². The van der Waals surface area contributed by atoms with E-state index in [-0.39, 0.29) is 17.3 Å². The lowest BCUT2D eigenvalue weighted by Crippen LogP contribution is -2.21. The second-order valence-electron chi connectivity index (χ2n) is 29.8. The predicted octanol–water partition coefficient (Wildman–Crippen LogP) is 22.5. The number of fused-ring (bicyclic) bond motifs is 4. The second-order valence-corrected chi connectivity index (χ2v) is 29.8. The van der Waals surface area contributed by atoms with Crippen molar-refractivity contribution in [1.82, 2.24) is 0 Å². The van der Waals surface area contributed by atoms with Gasteiger partial charge in [0.05, 0.1) is 5.69 Å². The molecule has 0 spiro atoms. The molecule has 0 fully saturated rings. The van der Waals surface area contributed by atoms with Gasteiger partial charge in [0.15, 0.2) is 11.6 Å². The van der Waals surface area contributed by atoms with Crippen molar-refractivity contribution < 1.29 is 14.7 Å². The molecule has 0 saturated carbocycles. The Kier molecular flexibility index (Phi) is 27.0. The van der Waals surface area contributed by atoms with E-state index in [0.717, 1.165) is 102 Å². The molecule has 0 amide bonds. The molecule has 0 radical (unpaired) electrons. The molecule has 1 aliphatic carbocycles. The summed E-state index contributed by atoms with van der Waals surface area (Å²) in [5.41, 5.74) is 94.0. The summed E-state index contributed by atoms with van der Waals surface area (Å²) in [5.74, 6) is -0.196. The lowest BCUT2D eigenvalue weighted by atomic mass is 9.83. The summed E-state index contributed by atoms with van der Waals surface area (Å²) < 4.78 is 0. The van der Waals surface area contributed by atoms with Crippen LogP contribution in [0.4, 0.5) is 79.6 Å². The normalized spacial score (nSPS) is 10.8. The van der Waals surface area contributed by atoms with Crippen molar-refractivity contribution >= 4 is 113 Å². The van der Waals surface area contributed by atoms with Crippen LogP contribution in [0.15, 0.2) is 322 Å². The largest absolute Gasteiger partial charge is 0.506 e. The monoisotopic (exact) mass is 1550 g/mol. The minimum atomic E-state index is -0.132. The number of phenols is 1. The minimum absolute atomic E-state index is 0.0445. The topological polar surface area (TPSA) is 344 Å². The van der Waals surface area contributed by atoms with E-state index < -0.39 is 0 Å². The highest BCUT2D eigenvalue weighted by atomic mass is 16.3. The smallest absolute Gasteiger partial charge is 0.194 e. The third-order valence-corrected chi connectivity index (χ3v) is 20.2. The zero-order valence-electron chi connectivity index (χ0n) is 67.9. The first-order valence-electron chi connectivity index (χ1n) is 38.7. The van der Waals surface area contributed by atoms with Crippen molar-refractivity contribution in [2.24, 2.45) is 0 Å². The van der Waals surface area contributed by atoms with Crippen LogP contribution in [0.1, 0.15) is 87.5 Å². The van der Waals surface area contributed by atoms with Gasteiger partial charge in [0.1, 0.15) is 5.75 Å². The molecule has 0 atom stereocenters. The number of ketones is 2. The Hall–Kier alpha value is -15.2. The minimum Gasteiger partial charge on any atom is -0.506 e. The number of aryl methyl sites for hydroxylation is 8. The maximum absolute atomic E-state index is 12.3. The van der Waals surface area contributed by atoms with Crippen molar-refractivity contribution in [3.05, 3.63) is 399 Å². The number of hydrogen-bond acceptors (Lipinski definition) is 15. The Bertz CT molecular complexity index is 5610. The van der Waals surface area contributed by atoms with Crippen LogP contribution >= 0.6 is 0 Å². The summed E-state index contributed by atoms with van der Waals surface area (Å²) in [4.78, 5) is 26.8. The van der Waals surface area contributed by atoms with Gasteiger partial charge in [0, 0.05) is 102 Å². The third kappa shape index (κ3) is 22.2. The molecule has 0 bridgehead atoms. The molecule has 0 unspecified atom stereocenters. The fourth-order valence-electron chi connectivity index (χ4n) is 13.2. The Balaban J connectivity index is 0.000000138. The molecular formula is C103H102N12O3. The van der Waals surface area contributed by atoms with Gasteiger partial charge in [-0.25, -0.2) is 0 Å². The number of nitrogens with two attached hydrogens (primary N) is 11. The van der Waals surface area contributed by atoms with Gasteiger partial charge in [-0.05, 0) is 327 Å².